The Morgan fingerprint density at radius 3 is 2.82 bits per heavy atom. The minimum Gasteiger partial charge on any atom is -0.481 e. The molecule has 0 saturated carbocycles. The smallest absolute Gasteiger partial charge is 0.313 e. The molecule has 0 radical (unpaired) electrons. The van der Waals surface area contributed by atoms with Gasteiger partial charge in [0.05, 0.1) is 0 Å². The third kappa shape index (κ3) is 2.89. The number of hydrogen-bond donors (Lipinski definition) is 1. The molecular formula is C11H9BrN2O2S. The molecule has 0 aliphatic heterocycles. The number of carboxylic acid groups (broad SMARTS) is 1. The van der Waals surface area contributed by atoms with Crippen molar-refractivity contribution in [3.63, 3.8) is 0 Å². The summed E-state index contributed by atoms with van der Waals surface area (Å²) in [5, 5.41) is 9.76. The molecule has 2 aromatic rings. The molecule has 0 bridgehead atoms. The SMILES string of the molecule is O=C(O)C(Cc1ccccc1Br)c1ncns1. The Hall–Kier alpha value is -1.27. The van der Waals surface area contributed by atoms with Crippen LogP contribution in [0.1, 0.15) is 16.5 Å². The van der Waals surface area contributed by atoms with Gasteiger partial charge in [-0.15, -0.1) is 0 Å². The summed E-state index contributed by atoms with van der Waals surface area (Å²) in [5.41, 5.74) is 0.954. The number of rotatable bonds is 4. The lowest BCUT2D eigenvalue weighted by Crippen LogP contribution is -2.14. The average Bonchev–Trinajstić information content (AvgIpc) is 2.81. The third-order valence-corrected chi connectivity index (χ3v) is 3.91. The van der Waals surface area contributed by atoms with Crippen molar-refractivity contribution in [2.24, 2.45) is 0 Å². The lowest BCUT2D eigenvalue weighted by atomic mass is 10.0. The molecule has 0 spiro atoms. The number of benzene rings is 1. The van der Waals surface area contributed by atoms with Crippen molar-refractivity contribution in [2.75, 3.05) is 0 Å². The van der Waals surface area contributed by atoms with Crippen molar-refractivity contribution in [3.8, 4) is 0 Å². The van der Waals surface area contributed by atoms with Gasteiger partial charge in [-0.2, -0.15) is 4.37 Å². The molecule has 17 heavy (non-hydrogen) atoms. The van der Waals surface area contributed by atoms with Gasteiger partial charge in [0.1, 0.15) is 17.3 Å². The van der Waals surface area contributed by atoms with Gasteiger partial charge in [-0.1, -0.05) is 34.1 Å². The number of aliphatic carboxylic acids is 1. The second-order valence-corrected chi connectivity index (χ2v) is 5.13. The topological polar surface area (TPSA) is 63.1 Å². The van der Waals surface area contributed by atoms with Crippen LogP contribution in [-0.4, -0.2) is 20.4 Å². The van der Waals surface area contributed by atoms with Gasteiger partial charge in [-0.05, 0) is 29.6 Å². The predicted molar refractivity (Wildman–Crippen MR) is 68.1 cm³/mol. The van der Waals surface area contributed by atoms with E-state index in [1.807, 2.05) is 24.3 Å². The van der Waals surface area contributed by atoms with E-state index in [1.165, 1.54) is 6.33 Å². The molecule has 1 aromatic heterocycles. The molecular weight excluding hydrogens is 304 g/mol. The molecule has 6 heteroatoms. The summed E-state index contributed by atoms with van der Waals surface area (Å²) in [7, 11) is 0. The molecule has 4 nitrogen and oxygen atoms in total. The molecule has 2 rings (SSSR count). The Morgan fingerprint density at radius 1 is 1.47 bits per heavy atom. The van der Waals surface area contributed by atoms with Gasteiger partial charge >= 0.3 is 5.97 Å². The lowest BCUT2D eigenvalue weighted by molar-refractivity contribution is -0.138. The van der Waals surface area contributed by atoms with Gasteiger partial charge in [-0.25, -0.2) is 4.98 Å². The van der Waals surface area contributed by atoms with Crippen molar-refractivity contribution in [2.45, 2.75) is 12.3 Å². The van der Waals surface area contributed by atoms with Crippen LogP contribution in [0.4, 0.5) is 0 Å². The van der Waals surface area contributed by atoms with Gasteiger partial charge in [0, 0.05) is 4.47 Å². The average molecular weight is 313 g/mol. The highest BCUT2D eigenvalue weighted by molar-refractivity contribution is 9.10. The summed E-state index contributed by atoms with van der Waals surface area (Å²) in [6, 6.07) is 7.59. The highest BCUT2D eigenvalue weighted by atomic mass is 79.9. The fourth-order valence-electron chi connectivity index (χ4n) is 1.50. The molecule has 1 heterocycles. The Labute approximate surface area is 111 Å². The first-order valence-corrected chi connectivity index (χ1v) is 6.48. The first-order chi connectivity index (χ1) is 8.18. The maximum absolute atomic E-state index is 11.2. The molecule has 0 saturated heterocycles. The summed E-state index contributed by atoms with van der Waals surface area (Å²) in [4.78, 5) is 15.2. The molecule has 1 atom stereocenters. The number of nitrogens with zero attached hydrogens (tertiary/aromatic N) is 2. The van der Waals surface area contributed by atoms with Gasteiger partial charge in [0.2, 0.25) is 0 Å². The van der Waals surface area contributed by atoms with E-state index >= 15 is 0 Å². The van der Waals surface area contributed by atoms with Crippen molar-refractivity contribution in [1.82, 2.24) is 9.36 Å². The highest BCUT2D eigenvalue weighted by Gasteiger charge is 2.24. The Morgan fingerprint density at radius 2 is 2.24 bits per heavy atom. The summed E-state index contributed by atoms with van der Waals surface area (Å²) in [6.07, 6.45) is 1.79. The zero-order valence-corrected chi connectivity index (χ0v) is 11.1. The van der Waals surface area contributed by atoms with Gasteiger partial charge in [0.25, 0.3) is 0 Å². The normalized spacial score (nSPS) is 12.3. The van der Waals surface area contributed by atoms with E-state index < -0.39 is 11.9 Å². The summed E-state index contributed by atoms with van der Waals surface area (Å²) >= 11 is 4.54. The van der Waals surface area contributed by atoms with E-state index in [0.717, 1.165) is 21.6 Å². The Bertz CT molecular complexity index is 516. The van der Waals surface area contributed by atoms with Crippen LogP contribution in [0.25, 0.3) is 0 Å². The number of carboxylic acids is 1. The number of carbonyl (C=O) groups is 1. The third-order valence-electron chi connectivity index (χ3n) is 2.36. The fourth-order valence-corrected chi connectivity index (χ4v) is 2.55. The molecule has 1 N–H and O–H groups in total. The van der Waals surface area contributed by atoms with E-state index in [4.69, 9.17) is 0 Å². The van der Waals surface area contributed by atoms with Crippen LogP contribution >= 0.6 is 27.5 Å². The van der Waals surface area contributed by atoms with Gasteiger partial charge in [0.15, 0.2) is 0 Å². The molecule has 0 fully saturated rings. The Kier molecular flexibility index (Phi) is 3.86. The van der Waals surface area contributed by atoms with Crippen LogP contribution < -0.4 is 0 Å². The van der Waals surface area contributed by atoms with Crippen molar-refractivity contribution >= 4 is 33.4 Å². The minimum atomic E-state index is -0.877. The number of hydrogen-bond acceptors (Lipinski definition) is 4. The van der Waals surface area contributed by atoms with Crippen LogP contribution in [0.2, 0.25) is 0 Å². The van der Waals surface area contributed by atoms with E-state index in [9.17, 15) is 9.90 Å². The van der Waals surface area contributed by atoms with Crippen molar-refractivity contribution < 1.29 is 9.90 Å². The van der Waals surface area contributed by atoms with Crippen molar-refractivity contribution in [3.05, 3.63) is 45.6 Å². The highest BCUT2D eigenvalue weighted by Crippen LogP contribution is 2.26. The lowest BCUT2D eigenvalue weighted by Gasteiger charge is -2.10. The quantitative estimate of drug-likeness (QED) is 0.942. The first kappa shape index (κ1) is 12.2. The zero-order chi connectivity index (χ0) is 12.3. The monoisotopic (exact) mass is 312 g/mol. The van der Waals surface area contributed by atoms with Crippen LogP contribution in [-0.2, 0) is 11.2 Å². The van der Waals surface area contributed by atoms with Crippen LogP contribution in [0.15, 0.2) is 35.1 Å². The van der Waals surface area contributed by atoms with E-state index in [2.05, 4.69) is 25.3 Å². The second kappa shape index (κ2) is 5.37. The summed E-state index contributed by atoms with van der Waals surface area (Å²) < 4.78 is 4.76. The molecule has 0 amide bonds. The fraction of sp³-hybridized carbons (Fsp3) is 0.182. The van der Waals surface area contributed by atoms with Crippen LogP contribution in [0.5, 0.6) is 0 Å². The first-order valence-electron chi connectivity index (χ1n) is 4.91. The predicted octanol–water partition coefficient (Wildman–Crippen LogP) is 2.71. The van der Waals surface area contributed by atoms with E-state index in [-0.39, 0.29) is 0 Å². The zero-order valence-electron chi connectivity index (χ0n) is 8.71. The largest absolute Gasteiger partial charge is 0.481 e. The summed E-state index contributed by atoms with van der Waals surface area (Å²) in [5.74, 6) is -1.52. The van der Waals surface area contributed by atoms with Crippen molar-refractivity contribution in [1.29, 1.82) is 0 Å². The Balaban J connectivity index is 2.26. The van der Waals surface area contributed by atoms with E-state index in [1.54, 1.807) is 0 Å². The molecule has 0 aliphatic carbocycles. The molecule has 88 valence electrons. The summed E-state index contributed by atoms with van der Waals surface area (Å²) in [6.45, 7) is 0. The van der Waals surface area contributed by atoms with Crippen LogP contribution in [0, 0.1) is 0 Å². The van der Waals surface area contributed by atoms with E-state index in [0.29, 0.717) is 11.4 Å². The number of aromatic nitrogens is 2. The molecule has 1 aromatic carbocycles. The minimum absolute atomic E-state index is 0.409. The van der Waals surface area contributed by atoms with Crippen LogP contribution in [0.3, 0.4) is 0 Å². The number of halogens is 1. The van der Waals surface area contributed by atoms with Gasteiger partial charge in [-0.3, -0.25) is 4.79 Å². The molecule has 0 aliphatic rings. The molecule has 1 unspecified atom stereocenters. The standard InChI is InChI=1S/C11H9BrN2O2S/c12-9-4-2-1-3-7(9)5-8(11(15)16)10-13-6-14-17-10/h1-4,6,8H,5H2,(H,15,16). The second-order valence-electron chi connectivity index (χ2n) is 3.47. The maximum Gasteiger partial charge on any atom is 0.313 e. The maximum atomic E-state index is 11.2. The van der Waals surface area contributed by atoms with Gasteiger partial charge < -0.3 is 5.11 Å².